The molecule has 2 aliphatic rings. The van der Waals surface area contributed by atoms with Crippen LogP contribution in [0.4, 0.5) is 0 Å². The summed E-state index contributed by atoms with van der Waals surface area (Å²) in [5, 5.41) is 54.8. The molecule has 0 unspecified atom stereocenters. The molecule has 16 heteroatoms. The van der Waals surface area contributed by atoms with Crippen molar-refractivity contribution < 1.29 is 77.9 Å². The third-order valence-electron chi connectivity index (χ3n) is 9.04. The Morgan fingerprint density at radius 1 is 0.702 bits per heavy atom. The van der Waals surface area contributed by atoms with E-state index < -0.39 is 91.4 Å². The van der Waals surface area contributed by atoms with Gasteiger partial charge in [0.2, 0.25) is 18.0 Å². The van der Waals surface area contributed by atoms with Gasteiger partial charge in [0.25, 0.3) is 0 Å². The van der Waals surface area contributed by atoms with Gasteiger partial charge in [0.1, 0.15) is 49.1 Å². The van der Waals surface area contributed by atoms with Crippen LogP contribution in [0, 0.1) is 0 Å². The van der Waals surface area contributed by atoms with Crippen LogP contribution in [-0.2, 0) is 39.9 Å². The van der Waals surface area contributed by atoms with Gasteiger partial charge in [0.15, 0.2) is 11.9 Å². The van der Waals surface area contributed by atoms with Crippen LogP contribution < -0.4 is 4.74 Å². The van der Waals surface area contributed by atoms with Gasteiger partial charge in [0.05, 0.1) is 16.7 Å². The monoisotopic (exact) mass is 784 g/mol. The summed E-state index contributed by atoms with van der Waals surface area (Å²) < 4.78 is 33.2. The molecule has 57 heavy (non-hydrogen) atoms. The van der Waals surface area contributed by atoms with Gasteiger partial charge in [-0.25, -0.2) is 19.2 Å². The number of aliphatic hydroxyl groups excluding tert-OH is 3. The Bertz CT molecular complexity index is 2110. The van der Waals surface area contributed by atoms with Gasteiger partial charge in [0, 0.05) is 5.56 Å². The largest absolute Gasteiger partial charge is 0.508 e. The molecule has 1 aliphatic carbocycles. The number of hydrogen-bond acceptors (Lipinski definition) is 16. The van der Waals surface area contributed by atoms with E-state index in [4.69, 9.17) is 28.4 Å². The number of hydrogen-bond donors (Lipinski definition) is 5. The fraction of sp³-hybridized carbons (Fsp3) is 0.244. The van der Waals surface area contributed by atoms with Gasteiger partial charge in [-0.05, 0) is 66.7 Å². The summed E-state index contributed by atoms with van der Waals surface area (Å²) in [7, 11) is 0. The van der Waals surface area contributed by atoms with Crippen molar-refractivity contribution in [2.75, 3.05) is 6.61 Å². The van der Waals surface area contributed by atoms with Crippen LogP contribution in [0.3, 0.4) is 0 Å². The van der Waals surface area contributed by atoms with Crippen LogP contribution in [0.2, 0.25) is 0 Å². The second-order valence-electron chi connectivity index (χ2n) is 12.9. The molecule has 4 aromatic rings. The number of ketones is 1. The highest BCUT2D eigenvalue weighted by Crippen LogP contribution is 2.33. The maximum absolute atomic E-state index is 13.5. The van der Waals surface area contributed by atoms with E-state index in [9.17, 15) is 49.5 Å². The Hall–Kier alpha value is -6.43. The molecule has 1 heterocycles. The van der Waals surface area contributed by atoms with Gasteiger partial charge in [-0.3, -0.25) is 4.79 Å². The summed E-state index contributed by atoms with van der Waals surface area (Å²) in [4.78, 5) is 64.9. The lowest BCUT2D eigenvalue weighted by Crippen LogP contribution is -2.63. The first-order chi connectivity index (χ1) is 27.4. The first-order valence-corrected chi connectivity index (χ1v) is 17.4. The van der Waals surface area contributed by atoms with Crippen molar-refractivity contribution in [1.29, 1.82) is 0 Å². The van der Waals surface area contributed by atoms with E-state index >= 15 is 0 Å². The van der Waals surface area contributed by atoms with E-state index in [1.165, 1.54) is 54.6 Å². The number of aliphatic hydroxyl groups is 4. The standard InChI is InChI=1S/C41H36O16/c42-27-16-18-29(26(20-27)21-53-40(50)41(51)31(44)19-17-28(43)35(41)57-38(49)25-14-8-3-9-15-25)54-39-33(46)32(45)34(56-37(48)24-12-6-2-7-13-24)30(55-39)22-52-36(47)23-10-4-1-5-11-23/h1-20,30-35,39,42,44-46,51H,21-22H2/t30-,31+,32-,33+,34+,35-,39+,41+/m0/s1. The fourth-order valence-electron chi connectivity index (χ4n) is 5.96. The van der Waals surface area contributed by atoms with E-state index in [0.717, 1.165) is 24.3 Å². The minimum atomic E-state index is -3.11. The van der Waals surface area contributed by atoms with Gasteiger partial charge in [-0.2, -0.15) is 0 Å². The zero-order valence-electron chi connectivity index (χ0n) is 29.7. The molecule has 0 spiro atoms. The summed E-state index contributed by atoms with van der Waals surface area (Å²) in [6.45, 7) is -1.40. The molecular weight excluding hydrogens is 748 g/mol. The molecule has 6 rings (SSSR count). The minimum absolute atomic E-state index is 0.0129. The zero-order valence-corrected chi connectivity index (χ0v) is 29.7. The third kappa shape index (κ3) is 9.01. The van der Waals surface area contributed by atoms with E-state index in [1.54, 1.807) is 42.5 Å². The van der Waals surface area contributed by atoms with Crippen LogP contribution in [0.1, 0.15) is 36.6 Å². The topological polar surface area (TPSA) is 242 Å². The molecule has 1 aliphatic heterocycles. The van der Waals surface area contributed by atoms with Gasteiger partial charge >= 0.3 is 23.9 Å². The van der Waals surface area contributed by atoms with Gasteiger partial charge < -0.3 is 54.0 Å². The number of rotatable bonds is 12. The van der Waals surface area contributed by atoms with Crippen LogP contribution >= 0.6 is 0 Å². The van der Waals surface area contributed by atoms with Crippen LogP contribution in [0.15, 0.2) is 121 Å². The number of ether oxygens (including phenoxy) is 6. The van der Waals surface area contributed by atoms with E-state index in [1.807, 2.05) is 0 Å². The molecular formula is C41H36O16. The summed E-state index contributed by atoms with van der Waals surface area (Å²) >= 11 is 0. The summed E-state index contributed by atoms with van der Waals surface area (Å²) in [6, 6.07) is 26.5. The van der Waals surface area contributed by atoms with Crippen LogP contribution in [0.25, 0.3) is 0 Å². The maximum atomic E-state index is 13.5. The molecule has 1 saturated heterocycles. The number of phenolic OH excluding ortho intramolecular Hbond substituents is 1. The lowest BCUT2D eigenvalue weighted by atomic mass is 9.83. The van der Waals surface area contributed by atoms with Crippen molar-refractivity contribution in [3.63, 3.8) is 0 Å². The first-order valence-electron chi connectivity index (χ1n) is 17.4. The Kier molecular flexibility index (Phi) is 12.4. The molecule has 1 fully saturated rings. The fourth-order valence-corrected chi connectivity index (χ4v) is 5.96. The van der Waals surface area contributed by atoms with Crippen molar-refractivity contribution in [2.24, 2.45) is 0 Å². The van der Waals surface area contributed by atoms with E-state index in [0.29, 0.717) is 0 Å². The third-order valence-corrected chi connectivity index (χ3v) is 9.04. The van der Waals surface area contributed by atoms with Gasteiger partial charge in [-0.15, -0.1) is 0 Å². The highest BCUT2D eigenvalue weighted by molar-refractivity contribution is 6.03. The Morgan fingerprint density at radius 3 is 1.86 bits per heavy atom. The highest BCUT2D eigenvalue weighted by atomic mass is 16.7. The molecule has 4 aromatic carbocycles. The quantitative estimate of drug-likeness (QED) is 0.102. The summed E-state index contributed by atoms with van der Waals surface area (Å²) in [6.07, 6.45) is -11.2. The van der Waals surface area contributed by atoms with Crippen molar-refractivity contribution in [1.82, 2.24) is 0 Å². The Labute approximate surface area is 324 Å². The normalized spacial score (nSPS) is 25.5. The number of carbonyl (C=O) groups is 5. The molecule has 0 amide bonds. The molecule has 16 nitrogen and oxygen atoms in total. The number of aromatic hydroxyl groups is 1. The molecule has 0 saturated carbocycles. The number of phenols is 1. The molecule has 0 radical (unpaired) electrons. The number of esters is 4. The van der Waals surface area contributed by atoms with Gasteiger partial charge in [-0.1, -0.05) is 54.6 Å². The Balaban J connectivity index is 1.20. The zero-order chi connectivity index (χ0) is 40.7. The van der Waals surface area contributed by atoms with Crippen molar-refractivity contribution in [3.05, 3.63) is 144 Å². The van der Waals surface area contributed by atoms with Crippen molar-refractivity contribution in [2.45, 2.75) is 55.1 Å². The minimum Gasteiger partial charge on any atom is -0.508 e. The second kappa shape index (κ2) is 17.6. The summed E-state index contributed by atoms with van der Waals surface area (Å²) in [5.41, 5.74) is -2.94. The maximum Gasteiger partial charge on any atom is 0.346 e. The predicted molar refractivity (Wildman–Crippen MR) is 192 cm³/mol. The molecule has 0 aromatic heterocycles. The van der Waals surface area contributed by atoms with Crippen LogP contribution in [-0.4, -0.2) is 110 Å². The van der Waals surface area contributed by atoms with Crippen molar-refractivity contribution in [3.8, 4) is 11.5 Å². The average Bonchev–Trinajstić information content (AvgIpc) is 3.23. The average molecular weight is 785 g/mol. The first kappa shape index (κ1) is 40.2. The molecule has 0 bridgehead atoms. The highest BCUT2D eigenvalue weighted by Gasteiger charge is 2.58. The SMILES string of the molecule is O=C(OC[C@@H]1O[C@@H](Oc2ccc(O)cc2COC(=O)[C@@]2(O)[C@H](O)C=CC(=O)[C@@H]2OC(=O)c2ccccc2)[C@H](O)[C@H](O)[C@@H]1OC(=O)c1ccccc1)c1ccccc1. The lowest BCUT2D eigenvalue weighted by Gasteiger charge is -2.41. The smallest absolute Gasteiger partial charge is 0.346 e. The molecule has 8 atom stereocenters. The van der Waals surface area contributed by atoms with E-state index in [-0.39, 0.29) is 33.8 Å². The number of benzene rings is 4. The number of carbonyl (C=O) groups excluding carboxylic acids is 5. The molecule has 296 valence electrons. The Morgan fingerprint density at radius 2 is 1.26 bits per heavy atom. The summed E-state index contributed by atoms with van der Waals surface area (Å²) in [5.74, 6) is -5.92. The second-order valence-corrected chi connectivity index (χ2v) is 12.9. The van der Waals surface area contributed by atoms with Crippen LogP contribution in [0.5, 0.6) is 11.5 Å². The lowest BCUT2D eigenvalue weighted by molar-refractivity contribution is -0.276. The molecule has 5 N–H and O–H groups in total. The van der Waals surface area contributed by atoms with E-state index in [2.05, 4.69) is 0 Å². The predicted octanol–water partition coefficient (Wildman–Crippen LogP) is 1.80. The van der Waals surface area contributed by atoms with Crippen molar-refractivity contribution >= 4 is 29.7 Å².